The highest BCUT2D eigenvalue weighted by Gasteiger charge is 2.29. The van der Waals surface area contributed by atoms with E-state index in [9.17, 15) is 9.59 Å². The number of carbonyl (C=O) groups excluding carboxylic acids is 2. The molecule has 3 aromatic rings. The van der Waals surface area contributed by atoms with Gasteiger partial charge >= 0.3 is 12.1 Å². The first-order chi connectivity index (χ1) is 15.7. The van der Waals surface area contributed by atoms with Crippen molar-refractivity contribution >= 4 is 17.6 Å². The number of aromatic nitrogens is 2. The predicted molar refractivity (Wildman–Crippen MR) is 118 cm³/mol. The molecule has 0 saturated heterocycles. The van der Waals surface area contributed by atoms with Crippen molar-refractivity contribution in [3.05, 3.63) is 102 Å². The smallest absolute Gasteiger partial charge is 0.410 e. The Balaban J connectivity index is 1.60. The molecule has 1 amide bonds. The van der Waals surface area contributed by atoms with Crippen LogP contribution in [-0.4, -0.2) is 40.6 Å². The molecule has 32 heavy (non-hydrogen) atoms. The number of methoxy groups -OCH3 is 1. The van der Waals surface area contributed by atoms with Crippen LogP contribution in [0.2, 0.25) is 0 Å². The van der Waals surface area contributed by atoms with Gasteiger partial charge in [-0.05, 0) is 41.3 Å². The third-order valence-corrected chi connectivity index (χ3v) is 5.34. The number of nitrogens with zero attached hydrogens (tertiary/aromatic N) is 3. The van der Waals surface area contributed by atoms with E-state index in [2.05, 4.69) is 9.97 Å². The summed E-state index contributed by atoms with van der Waals surface area (Å²) < 4.78 is 10.4. The molecule has 2 heterocycles. The first kappa shape index (κ1) is 21.2. The van der Waals surface area contributed by atoms with Crippen LogP contribution in [0.15, 0.2) is 79.3 Å². The summed E-state index contributed by atoms with van der Waals surface area (Å²) in [6.07, 6.45) is 5.48. The van der Waals surface area contributed by atoms with E-state index in [0.29, 0.717) is 18.5 Å². The van der Waals surface area contributed by atoms with Gasteiger partial charge in [0, 0.05) is 12.7 Å². The van der Waals surface area contributed by atoms with Crippen LogP contribution in [0.5, 0.6) is 0 Å². The predicted octanol–water partition coefficient (Wildman–Crippen LogP) is 4.43. The molecule has 0 fully saturated rings. The summed E-state index contributed by atoms with van der Waals surface area (Å²) in [4.78, 5) is 34.8. The number of esters is 1. The van der Waals surface area contributed by atoms with Crippen LogP contribution in [0.4, 0.5) is 4.79 Å². The van der Waals surface area contributed by atoms with Gasteiger partial charge in [-0.15, -0.1) is 0 Å². The average molecular weight is 429 g/mol. The molecule has 1 unspecified atom stereocenters. The van der Waals surface area contributed by atoms with Crippen molar-refractivity contribution in [2.45, 2.75) is 19.1 Å². The number of ether oxygens (including phenoxy) is 2. The van der Waals surface area contributed by atoms with Crippen molar-refractivity contribution in [1.82, 2.24) is 14.9 Å². The van der Waals surface area contributed by atoms with E-state index in [-0.39, 0.29) is 12.6 Å². The van der Waals surface area contributed by atoms with Gasteiger partial charge < -0.3 is 9.47 Å². The van der Waals surface area contributed by atoms with Gasteiger partial charge in [-0.2, -0.15) is 0 Å². The Morgan fingerprint density at radius 2 is 1.84 bits per heavy atom. The quantitative estimate of drug-likeness (QED) is 0.558. The summed E-state index contributed by atoms with van der Waals surface area (Å²) in [5.41, 5.74) is 4.09. The second-order valence-electron chi connectivity index (χ2n) is 7.33. The lowest BCUT2D eigenvalue weighted by molar-refractivity contribution is 0.0600. The van der Waals surface area contributed by atoms with Crippen LogP contribution in [-0.2, 0) is 16.1 Å². The molecule has 1 aromatic heterocycles. The fourth-order valence-electron chi connectivity index (χ4n) is 3.66. The largest absolute Gasteiger partial charge is 0.465 e. The Morgan fingerprint density at radius 3 is 2.53 bits per heavy atom. The molecule has 0 saturated carbocycles. The maximum Gasteiger partial charge on any atom is 0.410 e. The molecule has 162 valence electrons. The van der Waals surface area contributed by atoms with Crippen molar-refractivity contribution in [2.75, 3.05) is 13.7 Å². The Morgan fingerprint density at radius 1 is 1.06 bits per heavy atom. The molecule has 2 aromatic carbocycles. The molecule has 1 aliphatic heterocycles. The van der Waals surface area contributed by atoms with Gasteiger partial charge in [0.05, 0.1) is 24.4 Å². The van der Waals surface area contributed by atoms with Gasteiger partial charge in [-0.1, -0.05) is 48.5 Å². The van der Waals surface area contributed by atoms with Crippen molar-refractivity contribution in [3.8, 4) is 0 Å². The summed E-state index contributed by atoms with van der Waals surface area (Å²) in [6, 6.07) is 18.1. The molecule has 7 heteroatoms. The highest BCUT2D eigenvalue weighted by atomic mass is 16.6. The number of carbonyl (C=O) groups is 2. The minimum Gasteiger partial charge on any atom is -0.465 e. The molecule has 0 bridgehead atoms. The zero-order valence-electron chi connectivity index (χ0n) is 17.7. The van der Waals surface area contributed by atoms with E-state index in [1.165, 1.54) is 13.4 Å². The van der Waals surface area contributed by atoms with Crippen LogP contribution in [0, 0.1) is 0 Å². The van der Waals surface area contributed by atoms with Crippen molar-refractivity contribution in [2.24, 2.45) is 0 Å². The van der Waals surface area contributed by atoms with E-state index in [4.69, 9.17) is 9.47 Å². The molecule has 0 spiro atoms. The van der Waals surface area contributed by atoms with E-state index in [1.807, 2.05) is 54.6 Å². The fourth-order valence-corrected chi connectivity index (χ4v) is 3.66. The molecule has 1 atom stereocenters. The molecular formula is C25H23N3O4. The maximum absolute atomic E-state index is 13.0. The van der Waals surface area contributed by atoms with Crippen LogP contribution >= 0.6 is 0 Å². The summed E-state index contributed by atoms with van der Waals surface area (Å²) in [6.45, 7) is 0.680. The number of hydrogen-bond donors (Lipinski definition) is 0. The number of amides is 1. The molecular weight excluding hydrogens is 406 g/mol. The lowest BCUT2D eigenvalue weighted by Gasteiger charge is -2.34. The van der Waals surface area contributed by atoms with Crippen LogP contribution in [0.3, 0.4) is 0 Å². The van der Waals surface area contributed by atoms with Gasteiger partial charge in [0.2, 0.25) is 0 Å². The fraction of sp³-hybridized carbons (Fsp3) is 0.200. The molecule has 0 N–H and O–H groups in total. The van der Waals surface area contributed by atoms with Gasteiger partial charge in [0.1, 0.15) is 12.9 Å². The van der Waals surface area contributed by atoms with Crippen LogP contribution < -0.4 is 0 Å². The van der Waals surface area contributed by atoms with E-state index in [0.717, 1.165) is 22.4 Å². The van der Waals surface area contributed by atoms with E-state index in [1.54, 1.807) is 23.2 Å². The summed E-state index contributed by atoms with van der Waals surface area (Å²) in [5, 5.41) is 0. The monoisotopic (exact) mass is 429 g/mol. The summed E-state index contributed by atoms with van der Waals surface area (Å²) in [5.74, 6) is -0.406. The van der Waals surface area contributed by atoms with Gasteiger partial charge in [-0.25, -0.2) is 19.6 Å². The molecule has 7 nitrogen and oxygen atoms in total. The van der Waals surface area contributed by atoms with E-state index >= 15 is 0 Å². The summed E-state index contributed by atoms with van der Waals surface area (Å²) >= 11 is 0. The zero-order valence-corrected chi connectivity index (χ0v) is 17.7. The Kier molecular flexibility index (Phi) is 6.55. The topological polar surface area (TPSA) is 81.6 Å². The Labute approximate surface area is 186 Å². The number of hydrogen-bond acceptors (Lipinski definition) is 6. The third kappa shape index (κ3) is 4.83. The molecule has 0 radical (unpaired) electrons. The number of benzene rings is 2. The normalized spacial score (nSPS) is 15.6. The average Bonchev–Trinajstić information content (AvgIpc) is 2.87. The van der Waals surface area contributed by atoms with Crippen LogP contribution in [0.1, 0.15) is 39.6 Å². The first-order valence-corrected chi connectivity index (χ1v) is 10.3. The molecule has 0 aliphatic carbocycles. The van der Waals surface area contributed by atoms with Gasteiger partial charge in [-0.3, -0.25) is 4.90 Å². The van der Waals surface area contributed by atoms with Gasteiger partial charge in [0.15, 0.2) is 0 Å². The zero-order chi connectivity index (χ0) is 22.3. The minimum absolute atomic E-state index is 0.201. The second-order valence-corrected chi connectivity index (χ2v) is 7.33. The SMILES string of the molecule is COC(=O)c1ccc(C2C=C(c3ccncn3)CCN2C(=O)OCc2ccccc2)cc1. The lowest BCUT2D eigenvalue weighted by atomic mass is 9.94. The van der Waals surface area contributed by atoms with E-state index < -0.39 is 12.1 Å². The van der Waals surface area contributed by atoms with Crippen LogP contribution in [0.25, 0.3) is 5.57 Å². The lowest BCUT2D eigenvalue weighted by Crippen LogP contribution is -2.37. The molecule has 4 rings (SSSR count). The number of rotatable bonds is 5. The van der Waals surface area contributed by atoms with Crippen molar-refractivity contribution in [1.29, 1.82) is 0 Å². The standard InChI is InChI=1S/C25H23N3O4/c1-31-24(29)20-9-7-19(8-10-20)23-15-21(22-11-13-26-17-27-22)12-14-28(23)25(30)32-16-18-5-3-2-4-6-18/h2-11,13,15,17,23H,12,14,16H2,1H3. The summed E-state index contributed by atoms with van der Waals surface area (Å²) in [7, 11) is 1.35. The highest BCUT2D eigenvalue weighted by Crippen LogP contribution is 2.33. The minimum atomic E-state index is -0.406. The molecule has 1 aliphatic rings. The highest BCUT2D eigenvalue weighted by molar-refractivity contribution is 5.89. The Bertz CT molecular complexity index is 1100. The van der Waals surface area contributed by atoms with Crippen molar-refractivity contribution < 1.29 is 19.1 Å². The first-order valence-electron chi connectivity index (χ1n) is 10.3. The Hall–Kier alpha value is -4.00. The van der Waals surface area contributed by atoms with Gasteiger partial charge in [0.25, 0.3) is 0 Å². The third-order valence-electron chi connectivity index (χ3n) is 5.34. The second kappa shape index (κ2) is 9.87. The van der Waals surface area contributed by atoms with Crippen molar-refractivity contribution in [3.63, 3.8) is 0 Å². The maximum atomic E-state index is 13.0.